The second-order valence-corrected chi connectivity index (χ2v) is 4.00. The third-order valence-electron chi connectivity index (χ3n) is 3.09. The van der Waals surface area contributed by atoms with Gasteiger partial charge in [0.2, 0.25) is 5.79 Å². The third kappa shape index (κ3) is 1.91. The van der Waals surface area contributed by atoms with Crippen LogP contribution in [0.15, 0.2) is 24.3 Å². The van der Waals surface area contributed by atoms with E-state index in [4.69, 9.17) is 14.6 Å². The van der Waals surface area contributed by atoms with Crippen LogP contribution in [0.2, 0.25) is 0 Å². The van der Waals surface area contributed by atoms with Gasteiger partial charge in [-0.25, -0.2) is 0 Å². The Balaban J connectivity index is 2.00. The minimum absolute atomic E-state index is 0.0837. The molecule has 16 heavy (non-hydrogen) atoms. The molecule has 1 saturated heterocycles. The van der Waals surface area contributed by atoms with Gasteiger partial charge in [-0.3, -0.25) is 0 Å². The molecule has 2 rings (SSSR count). The summed E-state index contributed by atoms with van der Waals surface area (Å²) in [4.78, 5) is 2.17. The van der Waals surface area contributed by atoms with E-state index in [1.54, 1.807) is 14.2 Å². The summed E-state index contributed by atoms with van der Waals surface area (Å²) in [5.74, 6) is -0.449. The second-order valence-electron chi connectivity index (χ2n) is 4.00. The Bertz CT molecular complexity index is 338. The topological polar surface area (TPSA) is 41.9 Å². The highest BCUT2D eigenvalue weighted by molar-refractivity contribution is 5.50. The van der Waals surface area contributed by atoms with Gasteiger partial charge in [-0.1, -0.05) is 12.1 Å². The maximum atomic E-state index is 8.94. The molecule has 0 spiro atoms. The zero-order valence-electron chi connectivity index (χ0n) is 9.64. The standard InChI is InChI=1S/C12H17NO3/c1-15-12(16-2)8-13(9-12)11-5-3-10(7-14)4-6-11/h3-6,14H,7-9H2,1-2H3. The van der Waals surface area contributed by atoms with Crippen molar-refractivity contribution in [1.82, 2.24) is 0 Å². The Morgan fingerprint density at radius 3 is 2.19 bits per heavy atom. The zero-order valence-corrected chi connectivity index (χ0v) is 9.64. The zero-order chi connectivity index (χ0) is 11.6. The normalized spacial score (nSPS) is 18.3. The van der Waals surface area contributed by atoms with Crippen LogP contribution in [0.5, 0.6) is 0 Å². The summed E-state index contributed by atoms with van der Waals surface area (Å²) < 4.78 is 10.6. The van der Waals surface area contributed by atoms with Crippen LogP contribution < -0.4 is 4.90 Å². The fraction of sp³-hybridized carbons (Fsp3) is 0.500. The molecule has 1 heterocycles. The van der Waals surface area contributed by atoms with Crippen molar-refractivity contribution in [3.05, 3.63) is 29.8 Å². The van der Waals surface area contributed by atoms with E-state index in [1.807, 2.05) is 24.3 Å². The van der Waals surface area contributed by atoms with Crippen LogP contribution in [0, 0.1) is 0 Å². The van der Waals surface area contributed by atoms with Crippen LogP contribution >= 0.6 is 0 Å². The Hall–Kier alpha value is -1.10. The molecule has 0 unspecified atom stereocenters. The SMILES string of the molecule is COC1(OC)CN(c2ccc(CO)cc2)C1. The second kappa shape index (κ2) is 4.41. The smallest absolute Gasteiger partial charge is 0.203 e. The number of hydrogen-bond donors (Lipinski definition) is 1. The molecule has 0 bridgehead atoms. The lowest BCUT2D eigenvalue weighted by molar-refractivity contribution is -0.219. The molecular weight excluding hydrogens is 206 g/mol. The Labute approximate surface area is 95.4 Å². The first-order valence-electron chi connectivity index (χ1n) is 5.28. The molecule has 1 aromatic carbocycles. The lowest BCUT2D eigenvalue weighted by atomic mass is 10.1. The van der Waals surface area contributed by atoms with Gasteiger partial charge in [0.25, 0.3) is 0 Å². The van der Waals surface area contributed by atoms with Gasteiger partial charge in [-0.05, 0) is 17.7 Å². The first-order valence-corrected chi connectivity index (χ1v) is 5.28. The molecule has 88 valence electrons. The average molecular weight is 223 g/mol. The Morgan fingerprint density at radius 1 is 1.19 bits per heavy atom. The van der Waals surface area contributed by atoms with Gasteiger partial charge in [-0.2, -0.15) is 0 Å². The van der Waals surface area contributed by atoms with Crippen molar-refractivity contribution in [2.45, 2.75) is 12.4 Å². The fourth-order valence-electron chi connectivity index (χ4n) is 1.87. The molecule has 0 radical (unpaired) electrons. The molecule has 0 atom stereocenters. The Kier molecular flexibility index (Phi) is 3.14. The molecule has 1 aromatic rings. The van der Waals surface area contributed by atoms with Crippen molar-refractivity contribution < 1.29 is 14.6 Å². The predicted molar refractivity (Wildman–Crippen MR) is 61.3 cm³/mol. The number of anilines is 1. The highest BCUT2D eigenvalue weighted by Gasteiger charge is 2.43. The average Bonchev–Trinajstić information content (AvgIpc) is 2.30. The fourth-order valence-corrected chi connectivity index (χ4v) is 1.87. The minimum atomic E-state index is -0.449. The molecule has 1 fully saturated rings. The van der Waals surface area contributed by atoms with Crippen molar-refractivity contribution in [2.75, 3.05) is 32.2 Å². The molecule has 0 aromatic heterocycles. The van der Waals surface area contributed by atoms with Gasteiger partial charge in [0.1, 0.15) is 0 Å². The molecule has 0 saturated carbocycles. The van der Waals surface area contributed by atoms with E-state index in [0.29, 0.717) is 0 Å². The van der Waals surface area contributed by atoms with E-state index in [0.717, 1.165) is 24.3 Å². The van der Waals surface area contributed by atoms with E-state index >= 15 is 0 Å². The molecule has 1 aliphatic heterocycles. The molecule has 4 nitrogen and oxygen atoms in total. The maximum Gasteiger partial charge on any atom is 0.203 e. The number of ether oxygens (including phenoxy) is 2. The lowest BCUT2D eigenvalue weighted by Gasteiger charge is -2.48. The van der Waals surface area contributed by atoms with Crippen LogP contribution in [0.1, 0.15) is 5.56 Å². The van der Waals surface area contributed by atoms with Crippen LogP contribution in [0.25, 0.3) is 0 Å². The number of hydrogen-bond acceptors (Lipinski definition) is 4. The van der Waals surface area contributed by atoms with Crippen molar-refractivity contribution in [2.24, 2.45) is 0 Å². The molecular formula is C12H17NO3. The number of aliphatic hydroxyl groups is 1. The number of nitrogens with zero attached hydrogens (tertiary/aromatic N) is 1. The minimum Gasteiger partial charge on any atom is -0.392 e. The number of aliphatic hydroxyl groups excluding tert-OH is 1. The lowest BCUT2D eigenvalue weighted by Crippen LogP contribution is -2.64. The summed E-state index contributed by atoms with van der Waals surface area (Å²) >= 11 is 0. The first-order chi connectivity index (χ1) is 7.73. The molecule has 1 aliphatic rings. The van der Waals surface area contributed by atoms with Crippen LogP contribution in [-0.4, -0.2) is 38.2 Å². The summed E-state index contributed by atoms with van der Waals surface area (Å²) in [6, 6.07) is 7.85. The summed E-state index contributed by atoms with van der Waals surface area (Å²) in [7, 11) is 3.32. The van der Waals surface area contributed by atoms with E-state index < -0.39 is 5.79 Å². The molecule has 4 heteroatoms. The highest BCUT2D eigenvalue weighted by Crippen LogP contribution is 2.30. The van der Waals surface area contributed by atoms with Gasteiger partial charge >= 0.3 is 0 Å². The highest BCUT2D eigenvalue weighted by atomic mass is 16.7. The van der Waals surface area contributed by atoms with Crippen molar-refractivity contribution in [3.63, 3.8) is 0 Å². The Morgan fingerprint density at radius 2 is 1.75 bits per heavy atom. The molecule has 0 amide bonds. The maximum absolute atomic E-state index is 8.94. The number of rotatable bonds is 4. The summed E-state index contributed by atoms with van der Waals surface area (Å²) in [5.41, 5.74) is 2.05. The molecule has 1 N–H and O–H groups in total. The monoisotopic (exact) mass is 223 g/mol. The van der Waals surface area contributed by atoms with Crippen LogP contribution in [0.4, 0.5) is 5.69 Å². The van der Waals surface area contributed by atoms with E-state index in [2.05, 4.69) is 4.90 Å². The van der Waals surface area contributed by atoms with Crippen molar-refractivity contribution in [3.8, 4) is 0 Å². The third-order valence-corrected chi connectivity index (χ3v) is 3.09. The number of methoxy groups -OCH3 is 2. The van der Waals surface area contributed by atoms with Crippen LogP contribution in [-0.2, 0) is 16.1 Å². The van der Waals surface area contributed by atoms with Crippen LogP contribution in [0.3, 0.4) is 0 Å². The summed E-state index contributed by atoms with van der Waals surface area (Å²) in [6.07, 6.45) is 0. The summed E-state index contributed by atoms with van der Waals surface area (Å²) in [5, 5.41) is 8.94. The molecule has 0 aliphatic carbocycles. The van der Waals surface area contributed by atoms with E-state index in [1.165, 1.54) is 0 Å². The van der Waals surface area contributed by atoms with Gasteiger partial charge in [0.05, 0.1) is 19.7 Å². The predicted octanol–water partition coefficient (Wildman–Crippen LogP) is 0.988. The van der Waals surface area contributed by atoms with Gasteiger partial charge in [0, 0.05) is 19.9 Å². The number of benzene rings is 1. The van der Waals surface area contributed by atoms with Crippen molar-refractivity contribution in [1.29, 1.82) is 0 Å². The van der Waals surface area contributed by atoms with Gasteiger partial charge < -0.3 is 19.5 Å². The first kappa shape index (κ1) is 11.4. The van der Waals surface area contributed by atoms with Gasteiger partial charge in [-0.15, -0.1) is 0 Å². The van der Waals surface area contributed by atoms with Gasteiger partial charge in [0.15, 0.2) is 0 Å². The van der Waals surface area contributed by atoms with Crippen molar-refractivity contribution >= 4 is 5.69 Å². The van der Waals surface area contributed by atoms with E-state index in [-0.39, 0.29) is 6.61 Å². The summed E-state index contributed by atoms with van der Waals surface area (Å²) in [6.45, 7) is 1.55. The largest absolute Gasteiger partial charge is 0.392 e. The quantitative estimate of drug-likeness (QED) is 0.773. The van der Waals surface area contributed by atoms with E-state index in [9.17, 15) is 0 Å².